The highest BCUT2D eigenvalue weighted by Crippen LogP contribution is 2.29. The van der Waals surface area contributed by atoms with Gasteiger partial charge in [0.1, 0.15) is 5.75 Å². The van der Waals surface area contributed by atoms with Crippen LogP contribution in [-0.2, 0) is 6.18 Å². The van der Waals surface area contributed by atoms with E-state index in [1.807, 2.05) is 6.07 Å². The maximum absolute atomic E-state index is 12.5. The molecule has 0 saturated heterocycles. The van der Waals surface area contributed by atoms with Crippen LogP contribution in [0.5, 0.6) is 5.75 Å². The number of carbonyl (C=O) groups excluding carboxylic acids is 1. The average Bonchev–Trinajstić information content (AvgIpc) is 3.11. The topological polar surface area (TPSA) is 65.2 Å². The number of aromatic nitrogens is 2. The number of halogens is 3. The van der Waals surface area contributed by atoms with Gasteiger partial charge < -0.3 is 9.26 Å². The number of rotatable bonds is 5. The van der Waals surface area contributed by atoms with Gasteiger partial charge in [-0.05, 0) is 12.1 Å². The largest absolute Gasteiger partial charge is 0.485 e. The van der Waals surface area contributed by atoms with E-state index in [2.05, 4.69) is 14.7 Å². The fraction of sp³-hybridized carbons (Fsp3) is 0.118. The lowest BCUT2D eigenvalue weighted by atomic mass is 10.1. The van der Waals surface area contributed by atoms with Crippen LogP contribution in [0.25, 0.3) is 11.4 Å². The van der Waals surface area contributed by atoms with Crippen LogP contribution in [0.2, 0.25) is 0 Å². The average molecular weight is 348 g/mol. The normalized spacial score (nSPS) is 11.3. The van der Waals surface area contributed by atoms with Gasteiger partial charge in [-0.3, -0.25) is 4.79 Å². The van der Waals surface area contributed by atoms with Crippen LogP contribution in [-0.4, -0.2) is 22.5 Å². The second-order valence-corrected chi connectivity index (χ2v) is 5.02. The van der Waals surface area contributed by atoms with E-state index in [9.17, 15) is 18.0 Å². The van der Waals surface area contributed by atoms with Crippen LogP contribution in [0.15, 0.2) is 59.1 Å². The molecule has 0 N–H and O–H groups in total. The van der Waals surface area contributed by atoms with Crippen LogP contribution >= 0.6 is 0 Å². The summed E-state index contributed by atoms with van der Waals surface area (Å²) in [6.45, 7) is -0.149. The van der Waals surface area contributed by atoms with E-state index in [0.29, 0.717) is 16.9 Å². The molecule has 1 heterocycles. The second-order valence-electron chi connectivity index (χ2n) is 5.02. The highest BCUT2D eigenvalue weighted by atomic mass is 19.4. The third-order valence-electron chi connectivity index (χ3n) is 3.25. The van der Waals surface area contributed by atoms with Crippen molar-refractivity contribution in [1.29, 1.82) is 0 Å². The van der Waals surface area contributed by atoms with Crippen molar-refractivity contribution in [3.05, 3.63) is 66.1 Å². The summed E-state index contributed by atoms with van der Waals surface area (Å²) in [6, 6.07) is 14.7. The highest BCUT2D eigenvalue weighted by molar-refractivity contribution is 5.97. The van der Waals surface area contributed by atoms with Crippen molar-refractivity contribution in [3.8, 4) is 17.1 Å². The van der Waals surface area contributed by atoms with Crippen molar-refractivity contribution in [2.24, 2.45) is 0 Å². The molecule has 8 heteroatoms. The van der Waals surface area contributed by atoms with Crippen molar-refractivity contribution in [3.63, 3.8) is 0 Å². The Bertz CT molecular complexity index is 859. The summed E-state index contributed by atoms with van der Waals surface area (Å²) >= 11 is 0. The third-order valence-corrected chi connectivity index (χ3v) is 3.25. The summed E-state index contributed by atoms with van der Waals surface area (Å²) < 4.78 is 46.9. The Morgan fingerprint density at radius 1 is 1.04 bits per heavy atom. The van der Waals surface area contributed by atoms with E-state index in [-0.39, 0.29) is 18.2 Å². The van der Waals surface area contributed by atoms with E-state index < -0.39 is 12.1 Å². The van der Waals surface area contributed by atoms with E-state index in [1.54, 1.807) is 24.3 Å². The standard InChI is InChI=1S/C17H11F3N2O3/c18-17(19,20)16-21-15(22-25-16)12-8-6-11(7-9-12)14(23)10-24-13-4-2-1-3-5-13/h1-9H,10H2. The van der Waals surface area contributed by atoms with Gasteiger partial charge in [0, 0.05) is 11.1 Å². The Morgan fingerprint density at radius 3 is 2.32 bits per heavy atom. The zero-order valence-corrected chi connectivity index (χ0v) is 12.7. The molecule has 3 rings (SSSR count). The van der Waals surface area contributed by atoms with Crippen LogP contribution in [0, 0.1) is 0 Å². The third kappa shape index (κ3) is 4.03. The molecule has 0 aliphatic heterocycles. The van der Waals surface area contributed by atoms with Crippen LogP contribution in [0.4, 0.5) is 13.2 Å². The first kappa shape index (κ1) is 16.7. The zero-order valence-electron chi connectivity index (χ0n) is 12.7. The quantitative estimate of drug-likeness (QED) is 0.652. The minimum atomic E-state index is -4.70. The highest BCUT2D eigenvalue weighted by Gasteiger charge is 2.38. The molecule has 25 heavy (non-hydrogen) atoms. The molecular formula is C17H11F3N2O3. The fourth-order valence-corrected chi connectivity index (χ4v) is 2.01. The molecule has 0 aliphatic rings. The van der Waals surface area contributed by atoms with Crippen molar-refractivity contribution < 1.29 is 27.2 Å². The lowest BCUT2D eigenvalue weighted by Gasteiger charge is -2.05. The Hall–Kier alpha value is -3.16. The minimum absolute atomic E-state index is 0.149. The summed E-state index contributed by atoms with van der Waals surface area (Å²) in [5, 5.41) is 3.29. The van der Waals surface area contributed by atoms with Gasteiger partial charge in [0.25, 0.3) is 0 Å². The van der Waals surface area contributed by atoms with Crippen LogP contribution in [0.3, 0.4) is 0 Å². The van der Waals surface area contributed by atoms with Gasteiger partial charge in [-0.25, -0.2) is 0 Å². The Kier molecular flexibility index (Phi) is 4.51. The molecule has 128 valence electrons. The number of ether oxygens (including phenoxy) is 1. The smallest absolute Gasteiger partial charge is 0.471 e. The van der Waals surface area contributed by atoms with Crippen molar-refractivity contribution in [2.45, 2.75) is 6.18 Å². The van der Waals surface area contributed by atoms with Gasteiger partial charge in [-0.15, -0.1) is 0 Å². The number of Topliss-reactive ketones (excluding diaryl/α,β-unsaturated/α-hetero) is 1. The Balaban J connectivity index is 1.67. The van der Waals surface area contributed by atoms with Gasteiger partial charge >= 0.3 is 12.1 Å². The van der Waals surface area contributed by atoms with E-state index in [4.69, 9.17) is 4.74 Å². The summed E-state index contributed by atoms with van der Waals surface area (Å²) in [4.78, 5) is 15.4. The predicted octanol–water partition coefficient (Wildman–Crippen LogP) is 4.02. The van der Waals surface area contributed by atoms with Gasteiger partial charge in [-0.2, -0.15) is 18.2 Å². The van der Waals surface area contributed by atoms with Gasteiger partial charge in [0.05, 0.1) is 0 Å². The molecule has 0 atom stereocenters. The monoisotopic (exact) mass is 348 g/mol. The van der Waals surface area contributed by atoms with Crippen molar-refractivity contribution in [1.82, 2.24) is 10.1 Å². The van der Waals surface area contributed by atoms with E-state index in [1.165, 1.54) is 24.3 Å². The first-order chi connectivity index (χ1) is 11.9. The molecule has 5 nitrogen and oxygen atoms in total. The molecule has 0 unspecified atom stereocenters. The minimum Gasteiger partial charge on any atom is -0.485 e. The molecule has 1 aromatic heterocycles. The van der Waals surface area contributed by atoms with Crippen molar-refractivity contribution in [2.75, 3.05) is 6.61 Å². The number of hydrogen-bond donors (Lipinski definition) is 0. The second kappa shape index (κ2) is 6.76. The summed E-state index contributed by atoms with van der Waals surface area (Å²) in [6.07, 6.45) is -4.70. The molecule has 0 spiro atoms. The number of benzene rings is 2. The first-order valence-electron chi connectivity index (χ1n) is 7.16. The van der Waals surface area contributed by atoms with Crippen molar-refractivity contribution >= 4 is 5.78 Å². The number of carbonyl (C=O) groups is 1. The van der Waals surface area contributed by atoms with Gasteiger partial charge in [0.2, 0.25) is 5.82 Å². The summed E-state index contributed by atoms with van der Waals surface area (Å²) in [5.41, 5.74) is 0.666. The maximum Gasteiger partial charge on any atom is 0.471 e. The zero-order chi connectivity index (χ0) is 17.9. The van der Waals surface area contributed by atoms with Gasteiger partial charge in [-0.1, -0.05) is 47.6 Å². The van der Waals surface area contributed by atoms with E-state index >= 15 is 0 Å². The number of hydrogen-bond acceptors (Lipinski definition) is 5. The Morgan fingerprint density at radius 2 is 1.72 bits per heavy atom. The lowest BCUT2D eigenvalue weighted by molar-refractivity contribution is -0.159. The summed E-state index contributed by atoms with van der Waals surface area (Å²) in [7, 11) is 0. The molecule has 0 saturated carbocycles. The molecule has 0 fully saturated rings. The number of ketones is 1. The molecule has 0 amide bonds. The Labute approximate surface area is 140 Å². The SMILES string of the molecule is O=C(COc1ccccc1)c1ccc(-c2noc(C(F)(F)F)n2)cc1. The molecule has 0 radical (unpaired) electrons. The molecular weight excluding hydrogens is 337 g/mol. The molecule has 0 bridgehead atoms. The van der Waals surface area contributed by atoms with Crippen LogP contribution < -0.4 is 4.74 Å². The molecule has 3 aromatic rings. The fourth-order valence-electron chi connectivity index (χ4n) is 2.01. The number of alkyl halides is 3. The molecule has 0 aliphatic carbocycles. The van der Waals surface area contributed by atoms with Crippen LogP contribution in [0.1, 0.15) is 16.2 Å². The maximum atomic E-state index is 12.5. The predicted molar refractivity (Wildman–Crippen MR) is 81.0 cm³/mol. The van der Waals surface area contributed by atoms with Gasteiger partial charge in [0.15, 0.2) is 12.4 Å². The molecule has 2 aromatic carbocycles. The number of nitrogens with zero attached hydrogens (tertiary/aromatic N) is 2. The van der Waals surface area contributed by atoms with E-state index in [0.717, 1.165) is 0 Å². The number of para-hydroxylation sites is 1. The summed E-state index contributed by atoms with van der Waals surface area (Å²) in [5.74, 6) is -1.32. The lowest BCUT2D eigenvalue weighted by Crippen LogP contribution is -2.11. The first-order valence-corrected chi connectivity index (χ1v) is 7.16.